The fourth-order valence-corrected chi connectivity index (χ4v) is 2.62. The topological polar surface area (TPSA) is 115 Å². The summed E-state index contributed by atoms with van der Waals surface area (Å²) in [7, 11) is 1.17. The van der Waals surface area contributed by atoms with E-state index >= 15 is 0 Å². The van der Waals surface area contributed by atoms with Gasteiger partial charge in [-0.05, 0) is 31.2 Å². The summed E-state index contributed by atoms with van der Waals surface area (Å²) in [5, 5.41) is 2.39. The molecule has 1 aromatic heterocycles. The number of carbonyl (C=O) groups excluding carboxylic acids is 4. The van der Waals surface area contributed by atoms with E-state index in [2.05, 4.69) is 10.1 Å². The zero-order valence-electron chi connectivity index (χ0n) is 15.8. The molecule has 150 valence electrons. The van der Waals surface area contributed by atoms with Gasteiger partial charge in [-0.15, -0.1) is 0 Å². The van der Waals surface area contributed by atoms with Crippen LogP contribution in [0.2, 0.25) is 0 Å². The third kappa shape index (κ3) is 4.34. The van der Waals surface area contributed by atoms with Crippen LogP contribution in [0.15, 0.2) is 46.5 Å². The normalized spacial score (nSPS) is 14.8. The first-order chi connectivity index (χ1) is 13.9. The zero-order valence-corrected chi connectivity index (χ0v) is 15.8. The first-order valence-electron chi connectivity index (χ1n) is 8.71. The van der Waals surface area contributed by atoms with Crippen molar-refractivity contribution in [1.29, 1.82) is 0 Å². The highest BCUT2D eigenvalue weighted by Gasteiger charge is 2.35. The maximum atomic E-state index is 12.3. The van der Waals surface area contributed by atoms with Crippen LogP contribution in [0.4, 0.5) is 4.79 Å². The molecule has 0 unspecified atom stereocenters. The standard InChI is InChI=1S/C20H18N2O7/c1-3-28-19(25)13-6-4-12(5-7-13)16-9-8-14(29-16)10-15-18(24)22(20(26)21-15)11-17(23)27-2/h4-10H,3,11H2,1-2H3,(H,21,26)/b15-10+. The van der Waals surface area contributed by atoms with Crippen LogP contribution in [0.1, 0.15) is 23.0 Å². The van der Waals surface area contributed by atoms with E-state index in [9.17, 15) is 19.2 Å². The van der Waals surface area contributed by atoms with Gasteiger partial charge in [0.25, 0.3) is 5.91 Å². The number of urea groups is 1. The van der Waals surface area contributed by atoms with Crippen LogP contribution in [-0.4, -0.2) is 49.0 Å². The molecule has 0 spiro atoms. The SMILES string of the molecule is CCOC(=O)c1ccc(-c2ccc(/C=C3/NC(=O)N(CC(=O)OC)C3=O)o2)cc1. The van der Waals surface area contributed by atoms with E-state index in [0.717, 1.165) is 10.5 Å². The minimum Gasteiger partial charge on any atom is -0.468 e. The second-order valence-corrected chi connectivity index (χ2v) is 5.96. The molecule has 9 heteroatoms. The summed E-state index contributed by atoms with van der Waals surface area (Å²) in [5.41, 5.74) is 1.13. The number of benzene rings is 1. The van der Waals surface area contributed by atoms with E-state index in [1.165, 1.54) is 13.2 Å². The molecule has 0 saturated carbocycles. The summed E-state index contributed by atoms with van der Waals surface area (Å²) in [5.74, 6) is -0.928. The first-order valence-corrected chi connectivity index (χ1v) is 8.71. The second-order valence-electron chi connectivity index (χ2n) is 5.96. The Kier molecular flexibility index (Phi) is 5.77. The Morgan fingerprint density at radius 2 is 1.86 bits per heavy atom. The number of furan rings is 1. The fourth-order valence-electron chi connectivity index (χ4n) is 2.62. The number of carbonyl (C=O) groups is 4. The highest BCUT2D eigenvalue weighted by atomic mass is 16.5. The first kappa shape index (κ1) is 19.9. The van der Waals surface area contributed by atoms with Gasteiger partial charge < -0.3 is 19.2 Å². The Hall–Kier alpha value is -3.88. The van der Waals surface area contributed by atoms with Gasteiger partial charge in [0, 0.05) is 11.6 Å². The van der Waals surface area contributed by atoms with E-state index in [1.54, 1.807) is 43.3 Å². The van der Waals surface area contributed by atoms with Crippen LogP contribution < -0.4 is 5.32 Å². The molecular weight excluding hydrogens is 380 g/mol. The average Bonchev–Trinajstić information content (AvgIpc) is 3.28. The number of amides is 3. The summed E-state index contributed by atoms with van der Waals surface area (Å²) >= 11 is 0. The molecule has 1 fully saturated rings. The van der Waals surface area contributed by atoms with E-state index < -0.39 is 30.4 Å². The van der Waals surface area contributed by atoms with Crippen molar-refractivity contribution in [3.05, 3.63) is 53.4 Å². The Morgan fingerprint density at radius 3 is 2.52 bits per heavy atom. The molecule has 1 aliphatic rings. The molecule has 2 heterocycles. The van der Waals surface area contributed by atoms with Gasteiger partial charge in [0.2, 0.25) is 0 Å². The number of imide groups is 1. The van der Waals surface area contributed by atoms with Crippen molar-refractivity contribution in [3.8, 4) is 11.3 Å². The number of rotatable bonds is 6. The fraction of sp³-hybridized carbons (Fsp3) is 0.200. The summed E-state index contributed by atoms with van der Waals surface area (Å²) in [6.07, 6.45) is 1.37. The van der Waals surface area contributed by atoms with Crippen molar-refractivity contribution in [1.82, 2.24) is 10.2 Å². The Labute approximate surface area is 165 Å². The van der Waals surface area contributed by atoms with Gasteiger partial charge in [-0.2, -0.15) is 0 Å². The van der Waals surface area contributed by atoms with Crippen LogP contribution in [0.3, 0.4) is 0 Å². The van der Waals surface area contributed by atoms with Gasteiger partial charge >= 0.3 is 18.0 Å². The van der Waals surface area contributed by atoms with Crippen LogP contribution in [0, 0.1) is 0 Å². The molecular formula is C20H18N2O7. The van der Waals surface area contributed by atoms with Gasteiger partial charge in [-0.1, -0.05) is 12.1 Å². The molecule has 1 saturated heterocycles. The predicted octanol–water partition coefficient (Wildman–Crippen LogP) is 2.19. The van der Waals surface area contributed by atoms with Gasteiger partial charge in [-0.3, -0.25) is 9.59 Å². The van der Waals surface area contributed by atoms with Crippen LogP contribution in [0.25, 0.3) is 17.4 Å². The van der Waals surface area contributed by atoms with Crippen molar-refractivity contribution >= 4 is 30.0 Å². The number of nitrogens with zero attached hydrogens (tertiary/aromatic N) is 1. The minimum atomic E-state index is -0.715. The van der Waals surface area contributed by atoms with Gasteiger partial charge in [-0.25, -0.2) is 14.5 Å². The molecule has 0 radical (unpaired) electrons. The molecule has 0 aliphatic carbocycles. The molecule has 29 heavy (non-hydrogen) atoms. The van der Waals surface area contributed by atoms with Crippen LogP contribution in [0.5, 0.6) is 0 Å². The molecule has 0 bridgehead atoms. The highest BCUT2D eigenvalue weighted by molar-refractivity contribution is 6.15. The predicted molar refractivity (Wildman–Crippen MR) is 100 cm³/mol. The monoisotopic (exact) mass is 398 g/mol. The molecule has 3 rings (SSSR count). The quantitative estimate of drug-likeness (QED) is 0.450. The molecule has 1 aromatic carbocycles. The summed E-state index contributed by atoms with van der Waals surface area (Å²) in [6.45, 7) is 1.55. The summed E-state index contributed by atoms with van der Waals surface area (Å²) in [4.78, 5) is 47.9. The maximum Gasteiger partial charge on any atom is 0.338 e. The smallest absolute Gasteiger partial charge is 0.338 e. The number of methoxy groups -OCH3 is 1. The molecule has 3 amide bonds. The zero-order chi connectivity index (χ0) is 21.0. The maximum absolute atomic E-state index is 12.3. The third-order valence-electron chi connectivity index (χ3n) is 4.07. The van der Waals surface area contributed by atoms with E-state index in [1.807, 2.05) is 0 Å². The molecule has 1 aliphatic heterocycles. The molecule has 9 nitrogen and oxygen atoms in total. The number of nitrogens with one attached hydrogen (secondary N) is 1. The van der Waals surface area contributed by atoms with Gasteiger partial charge in [0.15, 0.2) is 0 Å². The van der Waals surface area contributed by atoms with Crippen molar-refractivity contribution in [2.45, 2.75) is 6.92 Å². The van der Waals surface area contributed by atoms with Crippen LogP contribution >= 0.6 is 0 Å². The van der Waals surface area contributed by atoms with E-state index in [-0.39, 0.29) is 5.70 Å². The van der Waals surface area contributed by atoms with Crippen molar-refractivity contribution < 1.29 is 33.1 Å². The van der Waals surface area contributed by atoms with Gasteiger partial charge in [0.05, 0.1) is 19.3 Å². The Morgan fingerprint density at radius 1 is 1.14 bits per heavy atom. The van der Waals surface area contributed by atoms with E-state index in [0.29, 0.717) is 23.7 Å². The van der Waals surface area contributed by atoms with Gasteiger partial charge in [0.1, 0.15) is 23.8 Å². The number of ether oxygens (including phenoxy) is 2. The lowest BCUT2D eigenvalue weighted by molar-refractivity contribution is -0.143. The van der Waals surface area contributed by atoms with Crippen molar-refractivity contribution in [2.24, 2.45) is 0 Å². The minimum absolute atomic E-state index is 0.0162. The molecule has 1 N–H and O–H groups in total. The highest BCUT2D eigenvalue weighted by Crippen LogP contribution is 2.24. The molecule has 2 aromatic rings. The van der Waals surface area contributed by atoms with Crippen molar-refractivity contribution in [3.63, 3.8) is 0 Å². The van der Waals surface area contributed by atoms with E-state index in [4.69, 9.17) is 9.15 Å². The number of hydrogen-bond acceptors (Lipinski definition) is 7. The lowest BCUT2D eigenvalue weighted by Crippen LogP contribution is -2.36. The number of esters is 2. The second kappa shape index (κ2) is 8.42. The Bertz CT molecular complexity index is 989. The lowest BCUT2D eigenvalue weighted by atomic mass is 10.1. The Balaban J connectivity index is 1.75. The lowest BCUT2D eigenvalue weighted by Gasteiger charge is -2.08. The summed E-state index contributed by atoms with van der Waals surface area (Å²) < 4.78 is 15.1. The average molecular weight is 398 g/mol. The largest absolute Gasteiger partial charge is 0.468 e. The third-order valence-corrected chi connectivity index (χ3v) is 4.07. The van der Waals surface area contributed by atoms with Crippen LogP contribution in [-0.2, 0) is 19.1 Å². The van der Waals surface area contributed by atoms with Crippen molar-refractivity contribution in [2.75, 3.05) is 20.3 Å². The number of hydrogen-bond donors (Lipinski definition) is 1. The molecule has 0 atom stereocenters. The summed E-state index contributed by atoms with van der Waals surface area (Å²) in [6, 6.07) is 9.28.